The highest BCUT2D eigenvalue weighted by molar-refractivity contribution is 5.73. The van der Waals surface area contributed by atoms with Gasteiger partial charge >= 0.3 is 0 Å². The second-order valence-corrected chi connectivity index (χ2v) is 5.62. The van der Waals surface area contributed by atoms with Crippen LogP contribution in [0.3, 0.4) is 0 Å². The zero-order chi connectivity index (χ0) is 15.5. The fourth-order valence-electron chi connectivity index (χ4n) is 1.80. The van der Waals surface area contributed by atoms with E-state index in [2.05, 4.69) is 10.5 Å². The molecule has 2 rings (SSSR count). The molecule has 110 valence electrons. The lowest BCUT2D eigenvalue weighted by Gasteiger charge is -2.22. The Balaban J connectivity index is 2.29. The molecule has 5 heteroatoms. The van der Waals surface area contributed by atoms with Crippen LogP contribution in [0.1, 0.15) is 20.8 Å². The van der Waals surface area contributed by atoms with Gasteiger partial charge in [-0.25, -0.2) is 4.39 Å². The largest absolute Gasteiger partial charge is 0.488 e. The Bertz CT molecular complexity index is 634. The van der Waals surface area contributed by atoms with Gasteiger partial charge in [0.25, 0.3) is 0 Å². The topological polar surface area (TPSA) is 50.7 Å². The Labute approximate surface area is 122 Å². The molecule has 0 spiro atoms. The van der Waals surface area contributed by atoms with E-state index in [0.717, 1.165) is 0 Å². The van der Waals surface area contributed by atoms with Crippen molar-refractivity contribution >= 4 is 17.1 Å². The van der Waals surface area contributed by atoms with Crippen LogP contribution in [0, 0.1) is 10.7 Å². The maximum absolute atomic E-state index is 12.9. The molecule has 0 bridgehead atoms. The number of rotatable bonds is 4. The van der Waals surface area contributed by atoms with Gasteiger partial charge in [-0.2, -0.15) is 0 Å². The van der Waals surface area contributed by atoms with Gasteiger partial charge in [0.15, 0.2) is 0 Å². The van der Waals surface area contributed by atoms with E-state index < -0.39 is 0 Å². The second kappa shape index (κ2) is 5.91. The molecule has 0 fully saturated rings. The first-order valence-electron chi connectivity index (χ1n) is 6.56. The van der Waals surface area contributed by atoms with Crippen molar-refractivity contribution in [3.8, 4) is 5.75 Å². The van der Waals surface area contributed by atoms with E-state index in [9.17, 15) is 9.30 Å². The summed E-state index contributed by atoms with van der Waals surface area (Å²) in [6.45, 7) is 5.81. The zero-order valence-electron chi connectivity index (χ0n) is 12.2. The first kappa shape index (κ1) is 15.0. The average molecular weight is 288 g/mol. The molecule has 0 unspecified atom stereocenters. The summed E-state index contributed by atoms with van der Waals surface area (Å²) in [6, 6.07) is 10.8. The standard InChI is InChI=1S/C16H17FN2O2/c1-16(2,3)21-13-8-9-14(19-20)15(10-13)18-12-6-4-11(17)5-7-12/h4-10,18H,1-3H3. The Morgan fingerprint density at radius 3 is 2.33 bits per heavy atom. The third-order valence-corrected chi connectivity index (χ3v) is 2.61. The number of nitrogens with zero attached hydrogens (tertiary/aromatic N) is 1. The highest BCUT2D eigenvalue weighted by Gasteiger charge is 2.13. The quantitative estimate of drug-likeness (QED) is 0.792. The maximum atomic E-state index is 12.9. The second-order valence-electron chi connectivity index (χ2n) is 5.62. The van der Waals surface area contributed by atoms with Crippen molar-refractivity contribution in [1.82, 2.24) is 0 Å². The fourth-order valence-corrected chi connectivity index (χ4v) is 1.80. The van der Waals surface area contributed by atoms with Crippen LogP contribution in [-0.4, -0.2) is 5.60 Å². The number of nitroso groups, excluding NO2 is 1. The van der Waals surface area contributed by atoms with E-state index in [-0.39, 0.29) is 17.1 Å². The molecule has 2 aromatic carbocycles. The minimum atomic E-state index is -0.344. The maximum Gasteiger partial charge on any atom is 0.131 e. The van der Waals surface area contributed by atoms with Gasteiger partial charge < -0.3 is 10.1 Å². The van der Waals surface area contributed by atoms with E-state index in [1.165, 1.54) is 12.1 Å². The van der Waals surface area contributed by atoms with Crippen LogP contribution >= 0.6 is 0 Å². The van der Waals surface area contributed by atoms with E-state index in [0.29, 0.717) is 17.1 Å². The molecule has 0 heterocycles. The molecule has 0 aliphatic carbocycles. The summed E-state index contributed by atoms with van der Waals surface area (Å²) < 4.78 is 18.7. The van der Waals surface area contributed by atoms with Crippen molar-refractivity contribution in [3.63, 3.8) is 0 Å². The van der Waals surface area contributed by atoms with Crippen LogP contribution in [0.2, 0.25) is 0 Å². The fraction of sp³-hybridized carbons (Fsp3) is 0.250. The summed E-state index contributed by atoms with van der Waals surface area (Å²) in [4.78, 5) is 10.9. The molecule has 0 aliphatic heterocycles. The number of halogens is 1. The minimum Gasteiger partial charge on any atom is -0.488 e. The van der Waals surface area contributed by atoms with Crippen LogP contribution < -0.4 is 10.1 Å². The predicted octanol–water partition coefficient (Wildman–Crippen LogP) is 5.14. The molecular formula is C16H17FN2O2. The third-order valence-electron chi connectivity index (χ3n) is 2.61. The molecule has 0 saturated carbocycles. The molecule has 0 amide bonds. The molecule has 0 radical (unpaired) electrons. The molecule has 2 aromatic rings. The molecule has 0 aliphatic rings. The SMILES string of the molecule is CC(C)(C)Oc1ccc(N=O)c(Nc2ccc(F)cc2)c1. The Hall–Kier alpha value is -2.43. The normalized spacial score (nSPS) is 11.0. The minimum absolute atomic E-state index is 0.264. The molecular weight excluding hydrogens is 271 g/mol. The van der Waals surface area contributed by atoms with E-state index in [4.69, 9.17) is 4.74 Å². The van der Waals surface area contributed by atoms with Gasteiger partial charge in [0, 0.05) is 11.8 Å². The molecule has 1 N–H and O–H groups in total. The Kier molecular flexibility index (Phi) is 4.21. The highest BCUT2D eigenvalue weighted by atomic mass is 19.1. The van der Waals surface area contributed by atoms with Gasteiger partial charge in [-0.1, -0.05) is 0 Å². The number of benzene rings is 2. The smallest absolute Gasteiger partial charge is 0.131 e. The number of nitrogens with one attached hydrogen (secondary N) is 1. The lowest BCUT2D eigenvalue weighted by atomic mass is 10.2. The van der Waals surface area contributed by atoms with Crippen molar-refractivity contribution in [2.45, 2.75) is 26.4 Å². The predicted molar refractivity (Wildman–Crippen MR) is 82.0 cm³/mol. The van der Waals surface area contributed by atoms with Crippen molar-refractivity contribution in [2.24, 2.45) is 5.18 Å². The van der Waals surface area contributed by atoms with Gasteiger partial charge in [0.05, 0.1) is 5.69 Å². The summed E-state index contributed by atoms with van der Waals surface area (Å²) in [7, 11) is 0. The number of hydrogen-bond donors (Lipinski definition) is 1. The Morgan fingerprint density at radius 1 is 1.10 bits per heavy atom. The monoisotopic (exact) mass is 288 g/mol. The lowest BCUT2D eigenvalue weighted by Crippen LogP contribution is -2.22. The van der Waals surface area contributed by atoms with Gasteiger partial charge in [-0.3, -0.25) is 0 Å². The zero-order valence-corrected chi connectivity index (χ0v) is 12.2. The first-order chi connectivity index (χ1) is 9.87. The molecule has 21 heavy (non-hydrogen) atoms. The van der Waals surface area contributed by atoms with Gasteiger partial charge in [-0.05, 0) is 62.3 Å². The summed E-state index contributed by atoms with van der Waals surface area (Å²) in [5.74, 6) is 0.304. The molecule has 0 atom stereocenters. The van der Waals surface area contributed by atoms with Crippen molar-refractivity contribution in [2.75, 3.05) is 5.32 Å². The van der Waals surface area contributed by atoms with Gasteiger partial charge in [0.2, 0.25) is 0 Å². The van der Waals surface area contributed by atoms with Crippen molar-refractivity contribution in [1.29, 1.82) is 0 Å². The van der Waals surface area contributed by atoms with E-state index >= 15 is 0 Å². The lowest BCUT2D eigenvalue weighted by molar-refractivity contribution is 0.131. The van der Waals surface area contributed by atoms with E-state index in [1.807, 2.05) is 20.8 Å². The summed E-state index contributed by atoms with van der Waals surface area (Å²) >= 11 is 0. The summed E-state index contributed by atoms with van der Waals surface area (Å²) in [5.41, 5.74) is 1.09. The molecule has 4 nitrogen and oxygen atoms in total. The highest BCUT2D eigenvalue weighted by Crippen LogP contribution is 2.33. The number of hydrogen-bond acceptors (Lipinski definition) is 4. The third kappa shape index (κ3) is 4.27. The van der Waals surface area contributed by atoms with Crippen molar-refractivity contribution < 1.29 is 9.13 Å². The number of ether oxygens (including phenoxy) is 1. The van der Waals surface area contributed by atoms with E-state index in [1.54, 1.807) is 30.3 Å². The molecule has 0 aromatic heterocycles. The van der Waals surface area contributed by atoms with Crippen molar-refractivity contribution in [3.05, 3.63) is 53.2 Å². The number of anilines is 2. The average Bonchev–Trinajstić information content (AvgIpc) is 2.40. The van der Waals surface area contributed by atoms with Gasteiger partial charge in [-0.15, -0.1) is 4.91 Å². The summed E-state index contributed by atoms with van der Waals surface area (Å²) in [5, 5.41) is 6.02. The first-order valence-corrected chi connectivity index (χ1v) is 6.56. The van der Waals surface area contributed by atoms with Gasteiger partial charge in [0.1, 0.15) is 22.9 Å². The van der Waals surface area contributed by atoms with Crippen LogP contribution in [0.25, 0.3) is 0 Å². The Morgan fingerprint density at radius 2 is 1.76 bits per heavy atom. The summed E-state index contributed by atoms with van der Waals surface area (Å²) in [6.07, 6.45) is 0. The molecule has 0 saturated heterocycles. The van der Waals surface area contributed by atoms with Crippen LogP contribution in [0.4, 0.5) is 21.5 Å². The van der Waals surface area contributed by atoms with Crippen LogP contribution in [-0.2, 0) is 0 Å². The van der Waals surface area contributed by atoms with Crippen LogP contribution in [0.15, 0.2) is 47.6 Å². The van der Waals surface area contributed by atoms with Crippen LogP contribution in [0.5, 0.6) is 5.75 Å².